The number of amides is 1. The summed E-state index contributed by atoms with van der Waals surface area (Å²) in [6.45, 7) is 2.24. The second-order valence-electron chi connectivity index (χ2n) is 4.99. The highest BCUT2D eigenvalue weighted by Crippen LogP contribution is 2.21. The van der Waals surface area contributed by atoms with E-state index in [4.69, 9.17) is 17.3 Å². The molecule has 6 nitrogen and oxygen atoms in total. The quantitative estimate of drug-likeness (QED) is 0.757. The molecule has 1 aromatic carbocycles. The SMILES string of the molecule is Cc1csc2nc(CNc3ccc(C(N)=O)c(Cl)c3)cc(=O)n12. The number of hydrogen-bond donors (Lipinski definition) is 2. The average molecular weight is 349 g/mol. The Morgan fingerprint density at radius 3 is 2.91 bits per heavy atom. The Kier molecular flexibility index (Phi) is 4.06. The number of nitrogens with one attached hydrogen (secondary N) is 1. The molecule has 3 aromatic rings. The molecule has 0 aliphatic carbocycles. The van der Waals surface area contributed by atoms with Crippen LogP contribution in [0.15, 0.2) is 34.4 Å². The first-order valence-electron chi connectivity index (χ1n) is 6.75. The Hall–Kier alpha value is -2.38. The number of hydrogen-bond acceptors (Lipinski definition) is 5. The van der Waals surface area contributed by atoms with E-state index in [1.165, 1.54) is 17.4 Å². The highest BCUT2D eigenvalue weighted by molar-refractivity contribution is 7.15. The van der Waals surface area contributed by atoms with E-state index < -0.39 is 5.91 Å². The maximum atomic E-state index is 12.1. The zero-order valence-corrected chi connectivity index (χ0v) is 13.7. The van der Waals surface area contributed by atoms with Crippen molar-refractivity contribution >= 4 is 39.5 Å². The second kappa shape index (κ2) is 6.02. The van der Waals surface area contributed by atoms with Crippen molar-refractivity contribution in [2.75, 3.05) is 5.32 Å². The Morgan fingerprint density at radius 1 is 1.43 bits per heavy atom. The summed E-state index contributed by atoms with van der Waals surface area (Å²) in [7, 11) is 0. The summed E-state index contributed by atoms with van der Waals surface area (Å²) in [5.74, 6) is -0.574. The summed E-state index contributed by atoms with van der Waals surface area (Å²) in [6.07, 6.45) is 0. The van der Waals surface area contributed by atoms with Gasteiger partial charge in [0, 0.05) is 22.8 Å². The molecule has 0 saturated carbocycles. The number of nitrogens with zero attached hydrogens (tertiary/aromatic N) is 2. The van der Waals surface area contributed by atoms with Gasteiger partial charge in [0.1, 0.15) is 0 Å². The first kappa shape index (κ1) is 15.5. The smallest absolute Gasteiger partial charge is 0.259 e. The molecule has 0 spiro atoms. The van der Waals surface area contributed by atoms with Crippen molar-refractivity contribution in [3.63, 3.8) is 0 Å². The average Bonchev–Trinajstić information content (AvgIpc) is 2.86. The fraction of sp³-hybridized carbons (Fsp3) is 0.133. The van der Waals surface area contributed by atoms with E-state index in [-0.39, 0.29) is 16.1 Å². The van der Waals surface area contributed by atoms with Crippen LogP contribution in [0.4, 0.5) is 5.69 Å². The van der Waals surface area contributed by atoms with Crippen LogP contribution < -0.4 is 16.6 Å². The summed E-state index contributed by atoms with van der Waals surface area (Å²) in [5, 5.41) is 5.29. The molecule has 0 bridgehead atoms. The van der Waals surface area contributed by atoms with E-state index in [9.17, 15) is 9.59 Å². The van der Waals surface area contributed by atoms with E-state index in [1.807, 2.05) is 12.3 Å². The van der Waals surface area contributed by atoms with E-state index in [2.05, 4.69) is 10.3 Å². The molecule has 0 radical (unpaired) electrons. The number of carbonyl (C=O) groups excluding carboxylic acids is 1. The van der Waals surface area contributed by atoms with Crippen LogP contribution in [0.1, 0.15) is 21.7 Å². The monoisotopic (exact) mass is 348 g/mol. The predicted molar refractivity (Wildman–Crippen MR) is 91.4 cm³/mol. The summed E-state index contributed by atoms with van der Waals surface area (Å²) in [6, 6.07) is 6.37. The van der Waals surface area contributed by atoms with Crippen molar-refractivity contribution in [1.29, 1.82) is 0 Å². The van der Waals surface area contributed by atoms with Gasteiger partial charge in [-0.15, -0.1) is 11.3 Å². The lowest BCUT2D eigenvalue weighted by Gasteiger charge is -2.08. The lowest BCUT2D eigenvalue weighted by Crippen LogP contribution is -2.16. The van der Waals surface area contributed by atoms with Crippen molar-refractivity contribution in [3.8, 4) is 0 Å². The molecule has 118 valence electrons. The number of halogens is 1. The fourth-order valence-corrected chi connectivity index (χ4v) is 3.37. The van der Waals surface area contributed by atoms with Gasteiger partial charge in [-0.2, -0.15) is 0 Å². The molecule has 0 fully saturated rings. The van der Waals surface area contributed by atoms with Gasteiger partial charge < -0.3 is 11.1 Å². The summed E-state index contributed by atoms with van der Waals surface area (Å²) >= 11 is 7.43. The van der Waals surface area contributed by atoms with Crippen molar-refractivity contribution in [2.45, 2.75) is 13.5 Å². The molecule has 0 saturated heterocycles. The number of primary amides is 1. The molecule has 0 aliphatic heterocycles. The van der Waals surface area contributed by atoms with E-state index in [0.717, 1.165) is 5.69 Å². The Morgan fingerprint density at radius 2 is 2.22 bits per heavy atom. The Balaban J connectivity index is 1.82. The minimum absolute atomic E-state index is 0.104. The maximum Gasteiger partial charge on any atom is 0.259 e. The van der Waals surface area contributed by atoms with E-state index in [0.29, 0.717) is 22.9 Å². The van der Waals surface area contributed by atoms with Crippen LogP contribution in [0.2, 0.25) is 5.02 Å². The molecule has 2 heterocycles. The standard InChI is InChI=1S/C15H13ClN4O2S/c1-8-7-23-15-19-10(5-13(21)20(8)15)6-18-9-2-3-11(14(17)22)12(16)4-9/h2-5,7,18H,6H2,1H3,(H2,17,22). The van der Waals surface area contributed by atoms with Gasteiger partial charge in [-0.1, -0.05) is 11.6 Å². The number of nitrogens with two attached hydrogens (primary N) is 1. The van der Waals surface area contributed by atoms with E-state index >= 15 is 0 Å². The first-order chi connectivity index (χ1) is 11.0. The number of fused-ring (bicyclic) bond motifs is 1. The number of carbonyl (C=O) groups is 1. The number of aromatic nitrogens is 2. The molecule has 0 atom stereocenters. The number of aryl methyl sites for hydroxylation is 1. The molecular weight excluding hydrogens is 336 g/mol. The van der Waals surface area contributed by atoms with Crippen LogP contribution in [0.5, 0.6) is 0 Å². The van der Waals surface area contributed by atoms with Gasteiger partial charge in [-0.25, -0.2) is 4.98 Å². The highest BCUT2D eigenvalue weighted by Gasteiger charge is 2.09. The molecule has 1 amide bonds. The Labute approximate surface area is 140 Å². The van der Waals surface area contributed by atoms with Gasteiger partial charge in [-0.3, -0.25) is 14.0 Å². The van der Waals surface area contributed by atoms with Gasteiger partial charge in [0.25, 0.3) is 5.56 Å². The molecule has 0 unspecified atom stereocenters. The topological polar surface area (TPSA) is 89.5 Å². The van der Waals surface area contributed by atoms with Crippen LogP contribution in [0, 0.1) is 6.92 Å². The third-order valence-corrected chi connectivity index (χ3v) is 4.59. The van der Waals surface area contributed by atoms with Gasteiger partial charge in [0.05, 0.1) is 22.8 Å². The number of anilines is 1. The third kappa shape index (κ3) is 3.06. The summed E-state index contributed by atoms with van der Waals surface area (Å²) in [5.41, 5.74) is 7.59. The zero-order chi connectivity index (χ0) is 16.6. The van der Waals surface area contributed by atoms with Gasteiger partial charge in [0.15, 0.2) is 4.96 Å². The van der Waals surface area contributed by atoms with Crippen LogP contribution in [-0.2, 0) is 6.54 Å². The molecule has 3 rings (SSSR count). The number of benzene rings is 1. The van der Waals surface area contributed by atoms with Gasteiger partial charge in [0.2, 0.25) is 5.91 Å². The molecular formula is C15H13ClN4O2S. The highest BCUT2D eigenvalue weighted by atomic mass is 35.5. The van der Waals surface area contributed by atoms with Gasteiger partial charge >= 0.3 is 0 Å². The van der Waals surface area contributed by atoms with E-state index in [1.54, 1.807) is 22.6 Å². The van der Waals surface area contributed by atoms with Crippen molar-refractivity contribution in [1.82, 2.24) is 9.38 Å². The third-order valence-electron chi connectivity index (χ3n) is 3.34. The fourth-order valence-electron chi connectivity index (χ4n) is 2.21. The zero-order valence-electron chi connectivity index (χ0n) is 12.2. The van der Waals surface area contributed by atoms with Crippen LogP contribution in [-0.4, -0.2) is 15.3 Å². The van der Waals surface area contributed by atoms with Gasteiger partial charge in [-0.05, 0) is 25.1 Å². The molecule has 0 aliphatic rings. The predicted octanol–water partition coefficient (Wildman–Crippen LogP) is 2.43. The van der Waals surface area contributed by atoms with Crippen molar-refractivity contribution in [3.05, 3.63) is 62.0 Å². The van der Waals surface area contributed by atoms with Crippen LogP contribution in [0.25, 0.3) is 4.96 Å². The normalized spacial score (nSPS) is 10.9. The molecule has 23 heavy (non-hydrogen) atoms. The van der Waals surface area contributed by atoms with Crippen LogP contribution in [0.3, 0.4) is 0 Å². The van der Waals surface area contributed by atoms with Crippen LogP contribution >= 0.6 is 22.9 Å². The molecule has 2 aromatic heterocycles. The minimum atomic E-state index is -0.574. The van der Waals surface area contributed by atoms with Crippen molar-refractivity contribution in [2.24, 2.45) is 5.73 Å². The summed E-state index contributed by atoms with van der Waals surface area (Å²) < 4.78 is 1.58. The number of thiazole rings is 1. The number of rotatable bonds is 4. The Bertz CT molecular complexity index is 964. The summed E-state index contributed by atoms with van der Waals surface area (Å²) in [4.78, 5) is 28.4. The minimum Gasteiger partial charge on any atom is -0.379 e. The lowest BCUT2D eigenvalue weighted by atomic mass is 10.2. The molecule has 3 N–H and O–H groups in total. The van der Waals surface area contributed by atoms with Crippen molar-refractivity contribution < 1.29 is 4.79 Å². The largest absolute Gasteiger partial charge is 0.379 e. The first-order valence-corrected chi connectivity index (χ1v) is 8.01. The maximum absolute atomic E-state index is 12.1. The molecule has 8 heteroatoms. The second-order valence-corrected chi connectivity index (χ2v) is 6.24. The lowest BCUT2D eigenvalue weighted by molar-refractivity contribution is 0.100.